The van der Waals surface area contributed by atoms with Crippen LogP contribution in [0.15, 0.2) is 24.3 Å². The van der Waals surface area contributed by atoms with Crippen LogP contribution < -0.4 is 0 Å². The first-order valence-corrected chi connectivity index (χ1v) is 5.93. The first-order chi connectivity index (χ1) is 10.8. The van der Waals surface area contributed by atoms with Gasteiger partial charge in [-0.25, -0.2) is 0 Å². The molecule has 0 aliphatic carbocycles. The van der Waals surface area contributed by atoms with Crippen molar-refractivity contribution in [2.45, 2.75) is 36.2 Å². The average Bonchev–Trinajstić information content (AvgIpc) is 2.31. The fourth-order valence-corrected chi connectivity index (χ4v) is 1.99. The van der Waals surface area contributed by atoms with Gasteiger partial charge in [0.15, 0.2) is 5.92 Å². The van der Waals surface area contributed by atoms with Gasteiger partial charge in [0.1, 0.15) is 0 Å². The Morgan fingerprint density at radius 1 is 0.680 bits per heavy atom. The number of hydrogen-bond donors (Lipinski definition) is 1. The predicted octanol–water partition coefficient (Wildman–Crippen LogP) is 5.21. The maximum Gasteiger partial charge on any atom is 0.430 e. The molecule has 0 amide bonds. The summed E-state index contributed by atoms with van der Waals surface area (Å²) in [6, 6.07) is -0.513. The van der Waals surface area contributed by atoms with Crippen LogP contribution in [0.5, 0.6) is 0 Å². The van der Waals surface area contributed by atoms with Crippen molar-refractivity contribution in [3.05, 3.63) is 35.4 Å². The van der Waals surface area contributed by atoms with Crippen molar-refractivity contribution in [2.24, 2.45) is 0 Å². The summed E-state index contributed by atoms with van der Waals surface area (Å²) >= 11 is 0. The summed E-state index contributed by atoms with van der Waals surface area (Å²) in [4.78, 5) is 0. The second-order valence-corrected chi connectivity index (χ2v) is 4.85. The molecule has 1 aromatic rings. The molecule has 0 unspecified atom stereocenters. The van der Waals surface area contributed by atoms with Crippen LogP contribution in [0.3, 0.4) is 0 Å². The lowest BCUT2D eigenvalue weighted by Crippen LogP contribution is -2.54. The van der Waals surface area contributed by atoms with Gasteiger partial charge in [0.05, 0.1) is 0 Å². The minimum absolute atomic E-state index is 0.0579. The molecule has 13 heteroatoms. The topological polar surface area (TPSA) is 20.2 Å². The van der Waals surface area contributed by atoms with Crippen molar-refractivity contribution in [2.75, 3.05) is 0 Å². The highest BCUT2D eigenvalue weighted by Crippen LogP contribution is 2.52. The van der Waals surface area contributed by atoms with Crippen LogP contribution in [0, 0.1) is 0 Å². The second-order valence-electron chi connectivity index (χ2n) is 4.85. The van der Waals surface area contributed by atoms with E-state index in [0.717, 1.165) is 0 Å². The van der Waals surface area contributed by atoms with Gasteiger partial charge in [-0.3, -0.25) is 0 Å². The number of aliphatic hydroxyl groups is 1. The minimum atomic E-state index is -6.45. The monoisotopic (exact) mass is 394 g/mol. The second kappa shape index (κ2) is 5.95. The van der Waals surface area contributed by atoms with E-state index < -0.39 is 53.4 Å². The van der Waals surface area contributed by atoms with Gasteiger partial charge < -0.3 is 5.11 Å². The molecule has 0 heterocycles. The van der Waals surface area contributed by atoms with E-state index in [4.69, 9.17) is 5.11 Å². The maximum atomic E-state index is 12.7. The Bertz CT molecular complexity index is 578. The van der Waals surface area contributed by atoms with Crippen LogP contribution in [0.25, 0.3) is 0 Å². The Labute approximate surface area is 130 Å². The molecule has 1 nitrogen and oxygen atoms in total. The molecule has 0 radical (unpaired) electrons. The fourth-order valence-electron chi connectivity index (χ4n) is 1.99. The van der Waals surface area contributed by atoms with Gasteiger partial charge in [0.25, 0.3) is 5.60 Å². The molecule has 0 aliphatic heterocycles. The van der Waals surface area contributed by atoms with Crippen molar-refractivity contribution in [1.82, 2.24) is 0 Å². The first kappa shape index (κ1) is 21.4. The highest BCUT2D eigenvalue weighted by Gasteiger charge is 2.71. The summed E-state index contributed by atoms with van der Waals surface area (Å²) < 4.78 is 151. The molecule has 1 N–H and O–H groups in total. The van der Waals surface area contributed by atoms with Crippen LogP contribution in [0.1, 0.15) is 17.0 Å². The van der Waals surface area contributed by atoms with Gasteiger partial charge >= 0.3 is 24.7 Å². The average molecular weight is 394 g/mol. The zero-order valence-corrected chi connectivity index (χ0v) is 11.4. The van der Waals surface area contributed by atoms with Crippen LogP contribution in [0.2, 0.25) is 0 Å². The third-order valence-corrected chi connectivity index (χ3v) is 3.11. The van der Waals surface area contributed by atoms with Gasteiger partial charge in [-0.05, 0) is 5.56 Å². The van der Waals surface area contributed by atoms with E-state index in [1.54, 1.807) is 0 Å². The zero-order chi connectivity index (χ0) is 20.1. The molecule has 0 atom stereocenters. The van der Waals surface area contributed by atoms with Gasteiger partial charge in [0.2, 0.25) is 0 Å². The van der Waals surface area contributed by atoms with Gasteiger partial charge in [-0.15, -0.1) is 0 Å². The molecule has 0 saturated carbocycles. The Hall–Kier alpha value is -1.66. The molecule has 0 saturated heterocycles. The summed E-state index contributed by atoms with van der Waals surface area (Å²) in [5.41, 5.74) is -9.79. The normalized spacial score (nSPS) is 15.0. The number of rotatable bonds is 2. The molecular weight excluding hydrogens is 388 g/mol. The predicted molar refractivity (Wildman–Crippen MR) is 57.3 cm³/mol. The molecule has 0 aromatic heterocycles. The summed E-state index contributed by atoms with van der Waals surface area (Å²) in [6.07, 6.45) is -25.0. The van der Waals surface area contributed by atoms with E-state index in [0.29, 0.717) is 0 Å². The van der Waals surface area contributed by atoms with E-state index >= 15 is 0 Å². The van der Waals surface area contributed by atoms with Crippen LogP contribution in [0.4, 0.5) is 52.7 Å². The Balaban J connectivity index is 3.66. The summed E-state index contributed by atoms with van der Waals surface area (Å²) in [7, 11) is 0. The van der Waals surface area contributed by atoms with Crippen molar-refractivity contribution in [3.8, 4) is 0 Å². The molecule has 0 spiro atoms. The zero-order valence-electron chi connectivity index (χ0n) is 11.4. The molecule has 25 heavy (non-hydrogen) atoms. The van der Waals surface area contributed by atoms with Crippen LogP contribution in [-0.4, -0.2) is 29.8 Å². The lowest BCUT2D eigenvalue weighted by molar-refractivity contribution is -0.376. The Morgan fingerprint density at radius 2 is 1.08 bits per heavy atom. The van der Waals surface area contributed by atoms with Crippen LogP contribution >= 0.6 is 0 Å². The van der Waals surface area contributed by atoms with Crippen LogP contribution in [-0.2, 0) is 5.60 Å². The molecule has 1 aromatic carbocycles. The Morgan fingerprint density at radius 3 is 1.40 bits per heavy atom. The fraction of sp³-hybridized carbons (Fsp3) is 0.500. The number of benzene rings is 1. The van der Waals surface area contributed by atoms with Crippen molar-refractivity contribution in [1.29, 1.82) is 0 Å². The third kappa shape index (κ3) is 3.96. The third-order valence-electron chi connectivity index (χ3n) is 3.11. The molecular formula is C12H6F12O. The maximum absolute atomic E-state index is 12.7. The van der Waals surface area contributed by atoms with E-state index in [1.165, 1.54) is 0 Å². The molecule has 0 aliphatic rings. The van der Waals surface area contributed by atoms with E-state index in [9.17, 15) is 52.7 Å². The first-order valence-electron chi connectivity index (χ1n) is 5.93. The van der Waals surface area contributed by atoms with Gasteiger partial charge in [0, 0.05) is 5.56 Å². The number of alkyl halides is 12. The summed E-state index contributed by atoms with van der Waals surface area (Å²) in [5, 5.41) is 9.05. The molecule has 144 valence electrons. The van der Waals surface area contributed by atoms with Crippen molar-refractivity contribution < 1.29 is 57.8 Å². The van der Waals surface area contributed by atoms with E-state index in [2.05, 4.69) is 0 Å². The van der Waals surface area contributed by atoms with Crippen molar-refractivity contribution >= 4 is 0 Å². The Kier molecular flexibility index (Phi) is 5.09. The summed E-state index contributed by atoms with van der Waals surface area (Å²) in [6.45, 7) is 0. The number of halogens is 12. The van der Waals surface area contributed by atoms with E-state index in [-0.39, 0.29) is 18.2 Å². The molecule has 0 bridgehead atoms. The van der Waals surface area contributed by atoms with Crippen molar-refractivity contribution in [3.63, 3.8) is 0 Å². The lowest BCUT2D eigenvalue weighted by atomic mass is 9.88. The standard InChI is InChI=1S/C12H6F12O/c13-9(14,15)7(10(16,17)18)5-2-1-3-6(4-5)8(25,11(19,20)21)12(22,23)24/h1-4,7,25H. The quantitative estimate of drug-likeness (QED) is 0.684. The highest BCUT2D eigenvalue weighted by atomic mass is 19.4. The smallest absolute Gasteiger partial charge is 0.369 e. The SMILES string of the molecule is OC(c1cccc(C(C(F)(F)F)C(F)(F)F)c1)(C(F)(F)F)C(F)(F)F. The molecule has 0 fully saturated rings. The minimum Gasteiger partial charge on any atom is -0.369 e. The number of hydrogen-bond acceptors (Lipinski definition) is 1. The highest BCUT2D eigenvalue weighted by molar-refractivity contribution is 5.34. The largest absolute Gasteiger partial charge is 0.430 e. The summed E-state index contributed by atoms with van der Waals surface area (Å²) in [5.74, 6) is -4.33. The van der Waals surface area contributed by atoms with Gasteiger partial charge in [-0.1, -0.05) is 24.3 Å². The van der Waals surface area contributed by atoms with Gasteiger partial charge in [-0.2, -0.15) is 52.7 Å². The van der Waals surface area contributed by atoms with E-state index in [1.807, 2.05) is 0 Å². The lowest BCUT2D eigenvalue weighted by Gasteiger charge is -2.33. The molecule has 1 rings (SSSR count).